The van der Waals surface area contributed by atoms with Gasteiger partial charge in [0.1, 0.15) is 17.0 Å². The third-order valence-electron chi connectivity index (χ3n) is 5.51. The first-order valence-electron chi connectivity index (χ1n) is 11.4. The molecule has 0 aliphatic heterocycles. The summed E-state index contributed by atoms with van der Waals surface area (Å²) >= 11 is 0. The number of oxazole rings is 1. The van der Waals surface area contributed by atoms with Gasteiger partial charge < -0.3 is 19.8 Å². The molecule has 0 atom stereocenters. The average molecular weight is 443 g/mol. The summed E-state index contributed by atoms with van der Waals surface area (Å²) in [6.07, 6.45) is 8.72. The number of allylic oxidation sites excluding steroid dienone is 1. The van der Waals surface area contributed by atoms with Crippen LogP contribution in [0.25, 0.3) is 16.8 Å². The molecule has 2 N–H and O–H groups in total. The van der Waals surface area contributed by atoms with E-state index in [2.05, 4.69) is 57.9 Å². The number of nitrogens with one attached hydrogen (secondary N) is 2. The van der Waals surface area contributed by atoms with Crippen LogP contribution in [0.1, 0.15) is 36.6 Å². The van der Waals surface area contributed by atoms with E-state index in [9.17, 15) is 0 Å². The van der Waals surface area contributed by atoms with Gasteiger partial charge in [0.2, 0.25) is 0 Å². The number of pyridine rings is 1. The summed E-state index contributed by atoms with van der Waals surface area (Å²) in [5, 5.41) is 6.04. The minimum Gasteiger partial charge on any atom is -0.457 e. The van der Waals surface area contributed by atoms with Crippen LogP contribution in [0.3, 0.4) is 0 Å². The lowest BCUT2D eigenvalue weighted by atomic mass is 10.1. The number of anilines is 1. The van der Waals surface area contributed by atoms with Crippen molar-refractivity contribution in [3.8, 4) is 11.5 Å². The third-order valence-corrected chi connectivity index (χ3v) is 5.51. The van der Waals surface area contributed by atoms with E-state index in [4.69, 9.17) is 9.15 Å². The van der Waals surface area contributed by atoms with Crippen molar-refractivity contribution in [1.82, 2.24) is 15.3 Å². The van der Waals surface area contributed by atoms with Gasteiger partial charge in [0.15, 0.2) is 5.58 Å². The molecule has 6 nitrogen and oxygen atoms in total. The molecule has 6 heteroatoms. The molecule has 0 amide bonds. The summed E-state index contributed by atoms with van der Waals surface area (Å²) in [6, 6.07) is 18.5. The van der Waals surface area contributed by atoms with Crippen LogP contribution < -0.4 is 15.4 Å². The predicted molar refractivity (Wildman–Crippen MR) is 134 cm³/mol. The van der Waals surface area contributed by atoms with Crippen LogP contribution in [0, 0.1) is 0 Å². The Balaban J connectivity index is 0.000000238. The Hall–Kier alpha value is -3.80. The van der Waals surface area contributed by atoms with Crippen LogP contribution in [0.5, 0.6) is 11.5 Å². The second-order valence-electron chi connectivity index (χ2n) is 7.78. The number of aryl methyl sites for hydroxylation is 2. The highest BCUT2D eigenvalue weighted by molar-refractivity contribution is 5.76. The number of hydrogen-bond acceptors (Lipinski definition) is 6. The Morgan fingerprint density at radius 3 is 2.48 bits per heavy atom. The zero-order chi connectivity index (χ0) is 23.0. The molecule has 0 radical (unpaired) electrons. The lowest BCUT2D eigenvalue weighted by Crippen LogP contribution is -2.06. The first-order chi connectivity index (χ1) is 16.2. The second kappa shape index (κ2) is 10.7. The first-order valence-corrected chi connectivity index (χ1v) is 11.4. The molecule has 4 aromatic rings. The van der Waals surface area contributed by atoms with Gasteiger partial charge in [0, 0.05) is 32.4 Å². The number of hydrogen-bond donors (Lipinski definition) is 2. The van der Waals surface area contributed by atoms with E-state index in [1.165, 1.54) is 19.3 Å². The topological polar surface area (TPSA) is 72.2 Å². The molecule has 2 heterocycles. The fourth-order valence-corrected chi connectivity index (χ4v) is 3.89. The molecule has 0 spiro atoms. The average Bonchev–Trinajstić information content (AvgIpc) is 3.49. The minimum atomic E-state index is 0.483. The molecule has 0 unspecified atom stereocenters. The Morgan fingerprint density at radius 1 is 1.03 bits per heavy atom. The molecular formula is C27H30N4O2. The van der Waals surface area contributed by atoms with Crippen molar-refractivity contribution in [3.05, 3.63) is 83.7 Å². The summed E-state index contributed by atoms with van der Waals surface area (Å²) < 4.78 is 11.5. The van der Waals surface area contributed by atoms with Crippen LogP contribution in [0.4, 0.5) is 6.01 Å². The summed E-state index contributed by atoms with van der Waals surface area (Å²) in [5.74, 6) is 1.40. The lowest BCUT2D eigenvalue weighted by molar-refractivity contribution is 0.481. The number of ether oxygens (including phenoxy) is 1. The minimum absolute atomic E-state index is 0.483. The van der Waals surface area contributed by atoms with E-state index >= 15 is 0 Å². The maximum Gasteiger partial charge on any atom is 0.295 e. The van der Waals surface area contributed by atoms with Gasteiger partial charge in [-0.3, -0.25) is 4.98 Å². The SMILES string of the molecule is CC/C=C(\NC)c1cc(Oc2ccc3nc(NC)oc3c2)ccn1.c1ccc2c(c1)CCC2. The highest BCUT2D eigenvalue weighted by Gasteiger charge is 2.08. The predicted octanol–water partition coefficient (Wildman–Crippen LogP) is 6.20. The van der Waals surface area contributed by atoms with E-state index in [0.29, 0.717) is 23.1 Å². The fraction of sp³-hybridized carbons (Fsp3) is 0.259. The number of benzene rings is 2. The van der Waals surface area contributed by atoms with Gasteiger partial charge in [0.05, 0.1) is 11.4 Å². The standard InChI is InChI=1S/C18H20N4O2.C9H10/c1-4-5-14(19-2)16-10-13(8-9-21-16)23-12-6-7-15-17(11-12)24-18(20-3)22-15;1-2-5-9-7-3-6-8(9)4-1/h5-11,19H,4H2,1-3H3,(H,20,22);1-2,4-5H,3,6-7H2/b14-5-;. The zero-order valence-corrected chi connectivity index (χ0v) is 19.4. The number of nitrogens with zero attached hydrogens (tertiary/aromatic N) is 2. The van der Waals surface area contributed by atoms with E-state index in [0.717, 1.165) is 23.3 Å². The van der Waals surface area contributed by atoms with Crippen LogP contribution in [-0.4, -0.2) is 24.1 Å². The van der Waals surface area contributed by atoms with Gasteiger partial charge in [-0.15, -0.1) is 0 Å². The zero-order valence-electron chi connectivity index (χ0n) is 19.4. The first kappa shape index (κ1) is 22.4. The van der Waals surface area contributed by atoms with Gasteiger partial charge in [-0.2, -0.15) is 4.98 Å². The van der Waals surface area contributed by atoms with Crippen molar-refractivity contribution in [2.24, 2.45) is 0 Å². The van der Waals surface area contributed by atoms with Crippen LogP contribution in [0.2, 0.25) is 0 Å². The largest absolute Gasteiger partial charge is 0.457 e. The molecule has 5 rings (SSSR count). The smallest absolute Gasteiger partial charge is 0.295 e. The molecule has 1 aliphatic rings. The molecule has 0 bridgehead atoms. The number of aromatic nitrogens is 2. The van der Waals surface area contributed by atoms with Gasteiger partial charge in [0.25, 0.3) is 6.01 Å². The summed E-state index contributed by atoms with van der Waals surface area (Å²) in [6.45, 7) is 2.09. The van der Waals surface area contributed by atoms with E-state index in [-0.39, 0.29) is 0 Å². The highest BCUT2D eigenvalue weighted by Crippen LogP contribution is 2.28. The molecular weight excluding hydrogens is 412 g/mol. The molecule has 170 valence electrons. The van der Waals surface area contributed by atoms with Gasteiger partial charge >= 0.3 is 0 Å². The summed E-state index contributed by atoms with van der Waals surface area (Å²) in [4.78, 5) is 8.68. The van der Waals surface area contributed by atoms with Gasteiger partial charge in [-0.25, -0.2) is 0 Å². The fourth-order valence-electron chi connectivity index (χ4n) is 3.89. The quantitative estimate of drug-likeness (QED) is 0.370. The molecule has 2 aromatic heterocycles. The van der Waals surface area contributed by atoms with Crippen molar-refractivity contribution in [2.45, 2.75) is 32.6 Å². The van der Waals surface area contributed by atoms with Gasteiger partial charge in [-0.1, -0.05) is 37.3 Å². The van der Waals surface area contributed by atoms with Crippen molar-refractivity contribution >= 4 is 22.8 Å². The van der Waals surface area contributed by atoms with Crippen molar-refractivity contribution in [3.63, 3.8) is 0 Å². The van der Waals surface area contributed by atoms with Crippen molar-refractivity contribution in [1.29, 1.82) is 0 Å². The normalized spacial score (nSPS) is 12.6. The molecule has 0 fully saturated rings. The molecule has 0 saturated carbocycles. The second-order valence-corrected chi connectivity index (χ2v) is 7.78. The van der Waals surface area contributed by atoms with E-state index in [1.807, 2.05) is 37.4 Å². The third kappa shape index (κ3) is 5.52. The molecule has 0 saturated heterocycles. The van der Waals surface area contributed by atoms with Crippen molar-refractivity contribution < 1.29 is 9.15 Å². The number of fused-ring (bicyclic) bond motifs is 2. The summed E-state index contributed by atoms with van der Waals surface area (Å²) in [5.41, 5.74) is 6.41. The Kier molecular flexibility index (Phi) is 7.25. The maximum absolute atomic E-state index is 5.94. The number of rotatable bonds is 6. The maximum atomic E-state index is 5.94. The van der Waals surface area contributed by atoms with Crippen LogP contribution in [-0.2, 0) is 12.8 Å². The van der Waals surface area contributed by atoms with E-state index < -0.39 is 0 Å². The monoisotopic (exact) mass is 442 g/mol. The molecule has 2 aromatic carbocycles. The lowest BCUT2D eigenvalue weighted by Gasteiger charge is -2.09. The Morgan fingerprint density at radius 2 is 1.79 bits per heavy atom. The van der Waals surface area contributed by atoms with Crippen LogP contribution >= 0.6 is 0 Å². The van der Waals surface area contributed by atoms with Gasteiger partial charge in [-0.05, 0) is 55.0 Å². The molecule has 1 aliphatic carbocycles. The van der Waals surface area contributed by atoms with Crippen molar-refractivity contribution in [2.75, 3.05) is 19.4 Å². The highest BCUT2D eigenvalue weighted by atomic mass is 16.5. The Bertz CT molecular complexity index is 1220. The summed E-state index contributed by atoms with van der Waals surface area (Å²) in [7, 11) is 3.65. The Labute approximate surface area is 194 Å². The van der Waals surface area contributed by atoms with Crippen LogP contribution in [0.15, 0.2) is 71.3 Å². The van der Waals surface area contributed by atoms with E-state index in [1.54, 1.807) is 24.4 Å². The molecule has 33 heavy (non-hydrogen) atoms.